The Morgan fingerprint density at radius 1 is 0.440 bits per heavy atom. The number of carbonyl (C=O) groups is 3. The summed E-state index contributed by atoms with van der Waals surface area (Å²) in [6, 6.07) is 0. The van der Waals surface area contributed by atoms with Gasteiger partial charge in [-0.25, -0.2) is 9.36 Å². The van der Waals surface area contributed by atoms with Gasteiger partial charge < -0.3 is 89.1 Å². The van der Waals surface area contributed by atoms with Crippen molar-refractivity contribution in [2.45, 2.75) is 402 Å². The molecule has 11 N–H and O–H groups in total. The average Bonchev–Trinajstić information content (AvgIpc) is 0.763. The van der Waals surface area contributed by atoms with Crippen molar-refractivity contribution in [2.24, 2.45) is 5.92 Å². The Bertz CT molecular complexity index is 2180. The molecule has 3 rings (SSSR count). The van der Waals surface area contributed by atoms with E-state index in [0.29, 0.717) is 18.8 Å². The Balaban J connectivity index is 1.74. The van der Waals surface area contributed by atoms with Gasteiger partial charge in [0.2, 0.25) is 0 Å². The predicted octanol–water partition coefficient (Wildman–Crippen LogP) is 11.2. The van der Waals surface area contributed by atoms with Gasteiger partial charge in [0.15, 0.2) is 18.7 Å². The molecule has 0 bridgehead atoms. The maximum Gasteiger partial charge on any atom is 0.472 e. The van der Waals surface area contributed by atoms with Crippen LogP contribution in [-0.2, 0) is 61.2 Å². The van der Waals surface area contributed by atoms with Gasteiger partial charge >= 0.3 is 25.7 Å². The first-order valence-electron chi connectivity index (χ1n) is 39.1. The third-order valence-electron chi connectivity index (χ3n) is 19.5. The Kier molecular flexibility index (Phi) is 51.2. The van der Waals surface area contributed by atoms with Gasteiger partial charge in [-0.1, -0.05) is 277 Å². The Morgan fingerprint density at radius 2 is 0.830 bits per heavy atom. The lowest BCUT2D eigenvalue weighted by Gasteiger charge is -2.49. The molecule has 1 saturated carbocycles. The highest BCUT2D eigenvalue weighted by atomic mass is 31.2. The molecule has 3 aliphatic rings. The van der Waals surface area contributed by atoms with Crippen LogP contribution in [0.1, 0.15) is 297 Å². The Hall–Kier alpha value is -2.56. The number of phosphoric ester groups is 1. The molecule has 100 heavy (non-hydrogen) atoms. The third-order valence-corrected chi connectivity index (χ3v) is 20.5. The van der Waals surface area contributed by atoms with E-state index in [0.717, 1.165) is 96.0 Å². The molecule has 19 atom stereocenters. The number of unbranched alkanes of at least 4 members (excludes halogenated alkanes) is 34. The molecule has 0 aromatic carbocycles. The number of aliphatic hydroxyl groups excluding tert-OH is 10. The van der Waals surface area contributed by atoms with Crippen molar-refractivity contribution in [1.82, 2.24) is 0 Å². The molecular formula is C75H137O24P. The van der Waals surface area contributed by atoms with E-state index in [4.69, 9.17) is 42.2 Å². The topological polar surface area (TPSA) is 374 Å². The van der Waals surface area contributed by atoms with Crippen molar-refractivity contribution in [3.05, 3.63) is 24.3 Å². The molecule has 19 unspecified atom stereocenters. The fraction of sp³-hybridized carbons (Fsp3) is 0.907. The van der Waals surface area contributed by atoms with Gasteiger partial charge in [-0.3, -0.25) is 18.6 Å². The van der Waals surface area contributed by atoms with Gasteiger partial charge in [0.1, 0.15) is 98.7 Å². The van der Waals surface area contributed by atoms with Crippen LogP contribution in [-0.4, -0.2) is 204 Å². The number of rotatable bonds is 60. The first kappa shape index (κ1) is 91.6. The molecular weight excluding hydrogens is 1320 g/mol. The molecule has 2 saturated heterocycles. The third kappa shape index (κ3) is 38.6. The second kappa shape index (κ2) is 55.8. The van der Waals surface area contributed by atoms with E-state index >= 15 is 0 Å². The van der Waals surface area contributed by atoms with Gasteiger partial charge in [0, 0.05) is 18.9 Å². The highest BCUT2D eigenvalue weighted by Gasteiger charge is 2.58. The van der Waals surface area contributed by atoms with Gasteiger partial charge in [-0.2, -0.15) is 0 Å². The molecule has 0 spiro atoms. The quantitative estimate of drug-likeness (QED) is 0.00673. The van der Waals surface area contributed by atoms with Crippen molar-refractivity contribution in [3.63, 3.8) is 0 Å². The van der Waals surface area contributed by atoms with E-state index < -0.39 is 156 Å². The van der Waals surface area contributed by atoms with E-state index in [1.165, 1.54) is 160 Å². The lowest BCUT2D eigenvalue weighted by atomic mass is 9.84. The largest absolute Gasteiger partial charge is 0.472 e. The first-order valence-corrected chi connectivity index (χ1v) is 40.5. The Morgan fingerprint density at radius 3 is 1.28 bits per heavy atom. The smallest absolute Gasteiger partial charge is 0.463 e. The van der Waals surface area contributed by atoms with Crippen molar-refractivity contribution in [2.75, 3.05) is 26.4 Å². The van der Waals surface area contributed by atoms with E-state index in [1.54, 1.807) is 6.08 Å². The summed E-state index contributed by atoms with van der Waals surface area (Å²) in [5.74, 6) is -1.54. The molecule has 1 aliphatic carbocycles. The summed E-state index contributed by atoms with van der Waals surface area (Å²) >= 11 is 0. The van der Waals surface area contributed by atoms with Crippen LogP contribution in [0.15, 0.2) is 24.3 Å². The van der Waals surface area contributed by atoms with E-state index in [1.807, 2.05) is 6.08 Å². The lowest BCUT2D eigenvalue weighted by Crippen LogP contribution is -2.69. The predicted molar refractivity (Wildman–Crippen MR) is 379 cm³/mol. The summed E-state index contributed by atoms with van der Waals surface area (Å²) in [5, 5.41) is 110. The summed E-state index contributed by atoms with van der Waals surface area (Å²) in [7, 11) is -5.72. The number of hydrogen-bond donors (Lipinski definition) is 11. The van der Waals surface area contributed by atoms with E-state index in [2.05, 4.69) is 27.7 Å². The number of aliphatic hydroxyl groups is 10. The van der Waals surface area contributed by atoms with Crippen LogP contribution in [0.25, 0.3) is 0 Å². The second-order valence-electron chi connectivity index (χ2n) is 28.4. The fourth-order valence-corrected chi connectivity index (χ4v) is 14.0. The Labute approximate surface area is 598 Å². The normalized spacial score (nSPS) is 27.8. The summed E-state index contributed by atoms with van der Waals surface area (Å²) < 4.78 is 64.9. The molecule has 0 aromatic heterocycles. The lowest BCUT2D eigenvalue weighted by molar-refractivity contribution is -0.360. The van der Waals surface area contributed by atoms with Gasteiger partial charge in [-0.05, 0) is 31.6 Å². The minimum atomic E-state index is -5.72. The first-order chi connectivity index (χ1) is 48.2. The highest BCUT2D eigenvalue weighted by Crippen LogP contribution is 2.49. The zero-order chi connectivity index (χ0) is 73.3. The minimum Gasteiger partial charge on any atom is -0.463 e. The molecule has 3 fully saturated rings. The minimum absolute atomic E-state index is 0.0262. The summed E-state index contributed by atoms with van der Waals surface area (Å²) in [5.41, 5.74) is 0. The maximum atomic E-state index is 14.3. The molecule has 2 aliphatic heterocycles. The SMILES string of the molecule is CCCCCCCCCCCCC/C=C/C=C/C(=O)OCC(COP(=O)(O)OC1C(OC2OC(CO)C(O)C(O)C2O)C(O)C(O)C(O)C1OC1OC(COC(=O)CCCCCCCCC(C)CCCCCCCC)C(O)C(O)C1O)OC(=O)CCCCCCCCCCCCCCCC. The number of hydrogen-bond acceptors (Lipinski definition) is 23. The van der Waals surface area contributed by atoms with Crippen LogP contribution in [0, 0.1) is 5.92 Å². The van der Waals surface area contributed by atoms with Crippen LogP contribution in [0.3, 0.4) is 0 Å². The highest BCUT2D eigenvalue weighted by molar-refractivity contribution is 7.47. The standard InChI is InChI=1S/C75H137O24P/c1-5-8-11-14-17-19-21-23-25-27-28-30-32-38-43-48-59(77)91-52-56(94-61(79)50-45-40-33-31-29-26-24-22-20-18-15-12-9-6-2)53-93-100(89,90)99-73-71(97-74-69(87)64(82)62(80)57(51-76)95-74)67(85)66(84)68(86)72(73)98-75-70(88)65(83)63(81)58(96-75)54-92-60(78)49-44-39-35-34-37-42-47-55(4)46-41-36-16-13-10-7-3/h32,38,43,48,55-58,62-76,80-88H,5-31,33-37,39-42,44-47,49-54H2,1-4H3,(H,89,90)/b38-32+,48-43+. The van der Waals surface area contributed by atoms with Crippen molar-refractivity contribution in [1.29, 1.82) is 0 Å². The molecule has 586 valence electrons. The number of phosphoric acid groups is 1. The second-order valence-corrected chi connectivity index (χ2v) is 29.8. The van der Waals surface area contributed by atoms with Crippen LogP contribution < -0.4 is 0 Å². The monoisotopic (exact) mass is 1450 g/mol. The number of ether oxygens (including phenoxy) is 7. The van der Waals surface area contributed by atoms with Crippen LogP contribution in [0.2, 0.25) is 0 Å². The van der Waals surface area contributed by atoms with E-state index in [-0.39, 0.29) is 12.8 Å². The van der Waals surface area contributed by atoms with Crippen molar-refractivity contribution < 1.29 is 117 Å². The maximum absolute atomic E-state index is 14.3. The number of carbonyl (C=O) groups excluding carboxylic acids is 3. The van der Waals surface area contributed by atoms with Crippen molar-refractivity contribution in [3.8, 4) is 0 Å². The molecule has 2 heterocycles. The molecule has 0 radical (unpaired) electrons. The summed E-state index contributed by atoms with van der Waals surface area (Å²) in [4.78, 5) is 51.0. The fourth-order valence-electron chi connectivity index (χ4n) is 13.0. The molecule has 0 amide bonds. The van der Waals surface area contributed by atoms with Gasteiger partial charge in [0.25, 0.3) is 0 Å². The van der Waals surface area contributed by atoms with Crippen molar-refractivity contribution >= 4 is 25.7 Å². The van der Waals surface area contributed by atoms with Crippen LogP contribution in [0.4, 0.5) is 0 Å². The van der Waals surface area contributed by atoms with Crippen LogP contribution in [0.5, 0.6) is 0 Å². The number of allylic oxidation sites excluding steroid dienone is 3. The van der Waals surface area contributed by atoms with Gasteiger partial charge in [-0.15, -0.1) is 0 Å². The average molecular weight is 1450 g/mol. The zero-order valence-electron chi connectivity index (χ0n) is 61.4. The molecule has 0 aromatic rings. The van der Waals surface area contributed by atoms with E-state index in [9.17, 15) is 74.9 Å². The van der Waals surface area contributed by atoms with Gasteiger partial charge in [0.05, 0.1) is 13.2 Å². The summed E-state index contributed by atoms with van der Waals surface area (Å²) in [6.07, 6.45) is 15.9. The van der Waals surface area contributed by atoms with Crippen LogP contribution >= 0.6 is 7.82 Å². The zero-order valence-corrected chi connectivity index (χ0v) is 62.3. The summed E-state index contributed by atoms with van der Waals surface area (Å²) in [6.45, 7) is 5.67. The molecule has 25 heteroatoms. The number of esters is 3. The molecule has 24 nitrogen and oxygen atoms in total.